The van der Waals surface area contributed by atoms with Gasteiger partial charge in [0.15, 0.2) is 6.61 Å². The van der Waals surface area contributed by atoms with Gasteiger partial charge in [0.1, 0.15) is 5.75 Å². The van der Waals surface area contributed by atoms with E-state index in [0.29, 0.717) is 5.75 Å². The molecule has 0 aliphatic carbocycles. The summed E-state index contributed by atoms with van der Waals surface area (Å²) in [6, 6.07) is 14.8. The van der Waals surface area contributed by atoms with Gasteiger partial charge in [0.25, 0.3) is 5.91 Å². The zero-order valence-corrected chi connectivity index (χ0v) is 15.3. The first-order valence-electron chi connectivity index (χ1n) is 8.35. The van der Waals surface area contributed by atoms with Crippen LogP contribution in [-0.4, -0.2) is 18.4 Å². The molecule has 2 amide bonds. The summed E-state index contributed by atoms with van der Waals surface area (Å²) in [7, 11) is 0. The van der Waals surface area contributed by atoms with E-state index in [9.17, 15) is 9.59 Å². The first-order chi connectivity index (χ1) is 12.2. The monoisotopic (exact) mass is 352 g/mol. The van der Waals surface area contributed by atoms with Gasteiger partial charge in [-0.2, -0.15) is 0 Å². The molecular formula is C21H24N2O3. The number of anilines is 1. The molecule has 2 aromatic carbocycles. The number of amides is 2. The Hall–Kier alpha value is -3.08. The van der Waals surface area contributed by atoms with E-state index in [1.54, 1.807) is 30.3 Å². The number of carbonyl (C=O) groups excluding carboxylic acids is 2. The minimum Gasteiger partial charge on any atom is -0.484 e. The molecule has 0 atom stereocenters. The normalized spacial score (nSPS) is 11.3. The average molecular weight is 352 g/mol. The van der Waals surface area contributed by atoms with Gasteiger partial charge < -0.3 is 15.8 Å². The molecule has 0 saturated heterocycles. The fraction of sp³-hybridized carbons (Fsp3) is 0.238. The molecule has 136 valence electrons. The van der Waals surface area contributed by atoms with Crippen molar-refractivity contribution in [3.63, 3.8) is 0 Å². The Kier molecular flexibility index (Phi) is 6.17. The number of hydrogen-bond acceptors (Lipinski definition) is 3. The van der Waals surface area contributed by atoms with Crippen molar-refractivity contribution in [2.75, 3.05) is 11.9 Å². The van der Waals surface area contributed by atoms with Crippen molar-refractivity contribution in [2.45, 2.75) is 26.2 Å². The van der Waals surface area contributed by atoms with Crippen LogP contribution in [0.4, 0.5) is 5.69 Å². The molecule has 0 bridgehead atoms. The average Bonchev–Trinajstić information content (AvgIpc) is 2.58. The zero-order valence-electron chi connectivity index (χ0n) is 15.3. The van der Waals surface area contributed by atoms with E-state index in [1.807, 2.05) is 24.3 Å². The highest BCUT2D eigenvalue weighted by Crippen LogP contribution is 2.23. The van der Waals surface area contributed by atoms with Crippen molar-refractivity contribution in [1.29, 1.82) is 0 Å². The standard InChI is InChI=1S/C21H24N2O3/c1-21(2,3)16-7-9-17(10-8-16)23-20(25)13-6-15-4-11-18(12-5-15)26-14-19(22)24/h4-13H,14H2,1-3H3,(H2,22,24)(H,23,25). The van der Waals surface area contributed by atoms with Gasteiger partial charge in [-0.05, 0) is 46.9 Å². The van der Waals surface area contributed by atoms with Crippen LogP contribution in [0.15, 0.2) is 54.6 Å². The number of ether oxygens (including phenoxy) is 1. The number of nitrogens with two attached hydrogens (primary N) is 1. The van der Waals surface area contributed by atoms with E-state index in [4.69, 9.17) is 10.5 Å². The van der Waals surface area contributed by atoms with E-state index in [2.05, 4.69) is 26.1 Å². The van der Waals surface area contributed by atoms with Crippen LogP contribution in [0.25, 0.3) is 6.08 Å². The number of hydrogen-bond donors (Lipinski definition) is 2. The molecule has 0 aliphatic rings. The second kappa shape index (κ2) is 8.34. The Bertz CT molecular complexity index is 786. The molecule has 2 aromatic rings. The third-order valence-corrected chi connectivity index (χ3v) is 3.71. The van der Waals surface area contributed by atoms with E-state index >= 15 is 0 Å². The second-order valence-electron chi connectivity index (χ2n) is 6.97. The fourth-order valence-corrected chi connectivity index (χ4v) is 2.24. The van der Waals surface area contributed by atoms with Crippen molar-refractivity contribution in [3.8, 4) is 5.75 Å². The quantitative estimate of drug-likeness (QED) is 0.781. The minimum absolute atomic E-state index is 0.0791. The van der Waals surface area contributed by atoms with Gasteiger partial charge in [0, 0.05) is 11.8 Å². The van der Waals surface area contributed by atoms with Gasteiger partial charge in [-0.3, -0.25) is 9.59 Å². The lowest BCUT2D eigenvalue weighted by atomic mass is 9.87. The smallest absolute Gasteiger partial charge is 0.255 e. The lowest BCUT2D eigenvalue weighted by Gasteiger charge is -2.19. The highest BCUT2D eigenvalue weighted by atomic mass is 16.5. The lowest BCUT2D eigenvalue weighted by molar-refractivity contribution is -0.120. The molecule has 0 unspecified atom stereocenters. The van der Waals surface area contributed by atoms with Crippen molar-refractivity contribution >= 4 is 23.6 Å². The summed E-state index contributed by atoms with van der Waals surface area (Å²) in [5.74, 6) is -0.187. The third-order valence-electron chi connectivity index (χ3n) is 3.71. The minimum atomic E-state index is -0.527. The van der Waals surface area contributed by atoms with E-state index in [0.717, 1.165) is 11.3 Å². The van der Waals surface area contributed by atoms with Crippen molar-refractivity contribution < 1.29 is 14.3 Å². The number of nitrogens with one attached hydrogen (secondary N) is 1. The van der Waals surface area contributed by atoms with Crippen molar-refractivity contribution in [2.24, 2.45) is 5.73 Å². The van der Waals surface area contributed by atoms with Gasteiger partial charge in [-0.25, -0.2) is 0 Å². The Morgan fingerprint density at radius 2 is 1.65 bits per heavy atom. The van der Waals surface area contributed by atoms with E-state index in [1.165, 1.54) is 11.6 Å². The topological polar surface area (TPSA) is 81.4 Å². The molecule has 0 saturated carbocycles. The molecule has 0 fully saturated rings. The molecule has 0 aromatic heterocycles. The first kappa shape index (κ1) is 19.2. The highest BCUT2D eigenvalue weighted by Gasteiger charge is 2.12. The fourth-order valence-electron chi connectivity index (χ4n) is 2.24. The molecular weight excluding hydrogens is 328 g/mol. The van der Waals surface area contributed by atoms with Gasteiger partial charge >= 0.3 is 0 Å². The van der Waals surface area contributed by atoms with Crippen molar-refractivity contribution in [3.05, 3.63) is 65.7 Å². The Labute approximate surface area is 153 Å². The van der Waals surface area contributed by atoms with Crippen LogP contribution in [0.1, 0.15) is 31.9 Å². The molecule has 5 nitrogen and oxygen atoms in total. The molecule has 3 N–H and O–H groups in total. The lowest BCUT2D eigenvalue weighted by Crippen LogP contribution is -2.19. The number of primary amides is 1. The molecule has 0 spiro atoms. The van der Waals surface area contributed by atoms with Crippen LogP contribution in [0.2, 0.25) is 0 Å². The molecule has 0 heterocycles. The Morgan fingerprint density at radius 3 is 2.19 bits per heavy atom. The predicted molar refractivity (Wildman–Crippen MR) is 104 cm³/mol. The van der Waals surface area contributed by atoms with Crippen LogP contribution < -0.4 is 15.8 Å². The van der Waals surface area contributed by atoms with Crippen LogP contribution in [-0.2, 0) is 15.0 Å². The number of benzene rings is 2. The van der Waals surface area contributed by atoms with Crippen LogP contribution in [0, 0.1) is 0 Å². The first-order valence-corrected chi connectivity index (χ1v) is 8.35. The third kappa shape index (κ3) is 6.09. The molecule has 2 rings (SSSR count). The molecule has 26 heavy (non-hydrogen) atoms. The van der Waals surface area contributed by atoms with Crippen LogP contribution in [0.3, 0.4) is 0 Å². The summed E-state index contributed by atoms with van der Waals surface area (Å²) < 4.78 is 5.18. The summed E-state index contributed by atoms with van der Waals surface area (Å²) in [6.45, 7) is 6.28. The van der Waals surface area contributed by atoms with Gasteiger partial charge in [-0.15, -0.1) is 0 Å². The zero-order chi connectivity index (χ0) is 19.2. The number of carbonyl (C=O) groups is 2. The summed E-state index contributed by atoms with van der Waals surface area (Å²) in [5, 5.41) is 2.83. The highest BCUT2D eigenvalue weighted by molar-refractivity contribution is 6.01. The summed E-state index contributed by atoms with van der Waals surface area (Å²) in [6.07, 6.45) is 3.17. The molecule has 5 heteroatoms. The maximum absolute atomic E-state index is 12.0. The maximum Gasteiger partial charge on any atom is 0.255 e. The van der Waals surface area contributed by atoms with E-state index in [-0.39, 0.29) is 17.9 Å². The van der Waals surface area contributed by atoms with E-state index < -0.39 is 5.91 Å². The summed E-state index contributed by atoms with van der Waals surface area (Å²) in [4.78, 5) is 22.7. The van der Waals surface area contributed by atoms with Crippen molar-refractivity contribution in [1.82, 2.24) is 0 Å². The molecule has 0 radical (unpaired) electrons. The van der Waals surface area contributed by atoms with Crippen LogP contribution >= 0.6 is 0 Å². The maximum atomic E-state index is 12.0. The summed E-state index contributed by atoms with van der Waals surface area (Å²) >= 11 is 0. The van der Waals surface area contributed by atoms with Gasteiger partial charge in [-0.1, -0.05) is 45.0 Å². The van der Waals surface area contributed by atoms with Gasteiger partial charge in [0.2, 0.25) is 5.91 Å². The Balaban J connectivity index is 1.91. The predicted octanol–water partition coefficient (Wildman–Crippen LogP) is 3.50. The summed E-state index contributed by atoms with van der Waals surface area (Å²) in [5.41, 5.74) is 7.91. The molecule has 0 aliphatic heterocycles. The number of rotatable bonds is 6. The van der Waals surface area contributed by atoms with Crippen LogP contribution in [0.5, 0.6) is 5.75 Å². The Morgan fingerprint density at radius 1 is 1.04 bits per heavy atom. The second-order valence-corrected chi connectivity index (χ2v) is 6.97. The SMILES string of the molecule is CC(C)(C)c1ccc(NC(=O)C=Cc2ccc(OCC(N)=O)cc2)cc1. The van der Waals surface area contributed by atoms with Gasteiger partial charge in [0.05, 0.1) is 0 Å². The largest absolute Gasteiger partial charge is 0.484 e.